The van der Waals surface area contributed by atoms with Gasteiger partial charge < -0.3 is 5.32 Å². The van der Waals surface area contributed by atoms with Crippen molar-refractivity contribution in [3.63, 3.8) is 0 Å². The van der Waals surface area contributed by atoms with Crippen LogP contribution in [-0.2, 0) is 11.2 Å². The van der Waals surface area contributed by atoms with E-state index in [0.29, 0.717) is 5.16 Å². The fraction of sp³-hybridized carbons (Fsp3) is 0.222. The van der Waals surface area contributed by atoms with Gasteiger partial charge >= 0.3 is 0 Å². The van der Waals surface area contributed by atoms with Crippen LogP contribution in [0.3, 0.4) is 0 Å². The van der Waals surface area contributed by atoms with E-state index in [4.69, 9.17) is 0 Å². The van der Waals surface area contributed by atoms with Crippen LogP contribution in [0.2, 0.25) is 0 Å². The van der Waals surface area contributed by atoms with Gasteiger partial charge in [-0.25, -0.2) is 0 Å². The first-order chi connectivity index (χ1) is 12.2. The minimum atomic E-state index is -0.0864. The maximum Gasteiger partial charge on any atom is 0.234 e. The van der Waals surface area contributed by atoms with Crippen LogP contribution in [0.5, 0.6) is 0 Å². The lowest BCUT2D eigenvalue weighted by Crippen LogP contribution is -2.14. The van der Waals surface area contributed by atoms with E-state index in [1.165, 1.54) is 22.9 Å². The van der Waals surface area contributed by atoms with E-state index in [-0.39, 0.29) is 11.7 Å². The summed E-state index contributed by atoms with van der Waals surface area (Å²) in [5, 5.41) is 15.2. The molecule has 1 amide bonds. The first-order valence-electron chi connectivity index (χ1n) is 8.02. The Morgan fingerprint density at radius 1 is 1.20 bits per heavy atom. The van der Waals surface area contributed by atoms with Crippen LogP contribution in [0.1, 0.15) is 18.1 Å². The van der Waals surface area contributed by atoms with Crippen LogP contribution < -0.4 is 5.32 Å². The van der Waals surface area contributed by atoms with Crippen molar-refractivity contribution in [1.82, 2.24) is 20.2 Å². The molecule has 0 unspecified atom stereocenters. The summed E-state index contributed by atoms with van der Waals surface area (Å²) in [6.45, 7) is 4.11. The van der Waals surface area contributed by atoms with Crippen LogP contribution in [0.25, 0.3) is 5.69 Å². The van der Waals surface area contributed by atoms with E-state index >= 15 is 0 Å². The lowest BCUT2D eigenvalue weighted by Gasteiger charge is -2.07. The Bertz CT molecular complexity index is 860. The summed E-state index contributed by atoms with van der Waals surface area (Å²) in [7, 11) is 0. The molecule has 0 saturated carbocycles. The third kappa shape index (κ3) is 4.45. The molecule has 0 spiro atoms. The molecule has 1 N–H and O–H groups in total. The number of thioether (sulfide) groups is 1. The number of tetrazole rings is 1. The molecular weight excluding hydrogens is 334 g/mol. The van der Waals surface area contributed by atoms with Crippen molar-refractivity contribution in [2.24, 2.45) is 0 Å². The first-order valence-corrected chi connectivity index (χ1v) is 9.01. The number of carbonyl (C=O) groups excluding carboxylic acids is 1. The topological polar surface area (TPSA) is 72.7 Å². The van der Waals surface area contributed by atoms with Crippen molar-refractivity contribution in [1.29, 1.82) is 0 Å². The second-order valence-corrected chi connectivity index (χ2v) is 6.54. The van der Waals surface area contributed by atoms with Gasteiger partial charge in [0.25, 0.3) is 0 Å². The van der Waals surface area contributed by atoms with Crippen LogP contribution in [-0.4, -0.2) is 31.9 Å². The highest BCUT2D eigenvalue weighted by Gasteiger charge is 2.11. The number of anilines is 1. The number of nitrogens with zero attached hydrogens (tertiary/aromatic N) is 4. The molecule has 2 aromatic carbocycles. The highest BCUT2D eigenvalue weighted by molar-refractivity contribution is 7.99. The standard InChI is InChI=1S/C18H19N5OS/c1-3-14-5-4-6-15(11-14)19-17(24)12-25-18-20-21-22-23(18)16-9-7-13(2)8-10-16/h4-11H,3,12H2,1-2H3,(H,19,24). The number of aromatic nitrogens is 4. The Morgan fingerprint density at radius 3 is 2.76 bits per heavy atom. The summed E-state index contributed by atoms with van der Waals surface area (Å²) in [6.07, 6.45) is 0.934. The number of aryl methyl sites for hydroxylation is 2. The molecule has 0 aliphatic heterocycles. The maximum atomic E-state index is 12.2. The predicted octanol–water partition coefficient (Wildman–Crippen LogP) is 3.26. The molecule has 0 bridgehead atoms. The molecule has 0 fully saturated rings. The molecule has 0 aliphatic carbocycles. The van der Waals surface area contributed by atoms with Crippen molar-refractivity contribution < 1.29 is 4.79 Å². The van der Waals surface area contributed by atoms with Gasteiger partial charge in [-0.2, -0.15) is 4.68 Å². The highest BCUT2D eigenvalue weighted by atomic mass is 32.2. The number of hydrogen-bond acceptors (Lipinski definition) is 5. The fourth-order valence-corrected chi connectivity index (χ4v) is 3.00. The molecule has 1 heterocycles. The fourth-order valence-electron chi connectivity index (χ4n) is 2.31. The van der Waals surface area contributed by atoms with Gasteiger partial charge in [0.2, 0.25) is 11.1 Å². The van der Waals surface area contributed by atoms with Crippen molar-refractivity contribution in [3.8, 4) is 5.69 Å². The quantitative estimate of drug-likeness (QED) is 0.689. The van der Waals surface area contributed by atoms with E-state index in [0.717, 1.165) is 17.8 Å². The smallest absolute Gasteiger partial charge is 0.234 e. The van der Waals surface area contributed by atoms with E-state index < -0.39 is 0 Å². The third-order valence-electron chi connectivity index (χ3n) is 3.67. The summed E-state index contributed by atoms with van der Waals surface area (Å²) in [5.74, 6) is 0.152. The van der Waals surface area contributed by atoms with Gasteiger partial charge in [-0.05, 0) is 53.6 Å². The normalized spacial score (nSPS) is 10.6. The number of amides is 1. The second kappa shape index (κ2) is 7.94. The number of hydrogen-bond donors (Lipinski definition) is 1. The number of rotatable bonds is 6. The van der Waals surface area contributed by atoms with E-state index in [1.54, 1.807) is 4.68 Å². The first kappa shape index (κ1) is 17.2. The van der Waals surface area contributed by atoms with Crippen molar-refractivity contribution >= 4 is 23.4 Å². The minimum absolute atomic E-state index is 0.0864. The Balaban J connectivity index is 1.63. The molecule has 1 aromatic heterocycles. The third-order valence-corrected chi connectivity index (χ3v) is 4.59. The Kier molecular flexibility index (Phi) is 5.45. The van der Waals surface area contributed by atoms with E-state index in [9.17, 15) is 4.79 Å². The van der Waals surface area contributed by atoms with E-state index in [1.807, 2.05) is 55.5 Å². The van der Waals surface area contributed by atoms with Gasteiger partial charge in [0.1, 0.15) is 0 Å². The Morgan fingerprint density at radius 2 is 2.00 bits per heavy atom. The van der Waals surface area contributed by atoms with Gasteiger partial charge in [-0.15, -0.1) is 5.10 Å². The lowest BCUT2D eigenvalue weighted by atomic mass is 10.1. The molecule has 0 aliphatic rings. The second-order valence-electron chi connectivity index (χ2n) is 5.60. The van der Waals surface area contributed by atoms with Gasteiger partial charge in [0.15, 0.2) is 0 Å². The average Bonchev–Trinajstić information content (AvgIpc) is 3.09. The highest BCUT2D eigenvalue weighted by Crippen LogP contribution is 2.19. The zero-order valence-corrected chi connectivity index (χ0v) is 15.0. The predicted molar refractivity (Wildman–Crippen MR) is 99.1 cm³/mol. The van der Waals surface area contributed by atoms with Gasteiger partial charge in [-0.3, -0.25) is 4.79 Å². The van der Waals surface area contributed by atoms with E-state index in [2.05, 4.69) is 27.8 Å². The zero-order valence-electron chi connectivity index (χ0n) is 14.1. The molecule has 0 saturated heterocycles. The van der Waals surface area contributed by atoms with Crippen molar-refractivity contribution in [2.75, 3.05) is 11.1 Å². The largest absolute Gasteiger partial charge is 0.325 e. The molecule has 3 aromatic rings. The molecule has 25 heavy (non-hydrogen) atoms. The number of benzene rings is 2. The average molecular weight is 353 g/mol. The van der Waals surface area contributed by atoms with Gasteiger partial charge in [-0.1, -0.05) is 48.5 Å². The lowest BCUT2D eigenvalue weighted by molar-refractivity contribution is -0.113. The van der Waals surface area contributed by atoms with Crippen molar-refractivity contribution in [3.05, 3.63) is 59.7 Å². The van der Waals surface area contributed by atoms with Crippen LogP contribution in [0.15, 0.2) is 53.7 Å². The molecule has 3 rings (SSSR count). The number of nitrogens with one attached hydrogen (secondary N) is 1. The van der Waals surface area contributed by atoms with Crippen LogP contribution in [0, 0.1) is 6.92 Å². The SMILES string of the molecule is CCc1cccc(NC(=O)CSc2nnnn2-c2ccc(C)cc2)c1. The minimum Gasteiger partial charge on any atom is -0.325 e. The molecular formula is C18H19N5OS. The van der Waals surface area contributed by atoms with Gasteiger partial charge in [0, 0.05) is 5.69 Å². The molecule has 0 radical (unpaired) electrons. The van der Waals surface area contributed by atoms with Gasteiger partial charge in [0.05, 0.1) is 11.4 Å². The summed E-state index contributed by atoms with van der Waals surface area (Å²) < 4.78 is 1.63. The zero-order chi connectivity index (χ0) is 17.6. The molecule has 128 valence electrons. The Labute approximate surface area is 150 Å². The summed E-state index contributed by atoms with van der Waals surface area (Å²) in [6, 6.07) is 15.8. The Hall–Kier alpha value is -2.67. The van der Waals surface area contributed by atoms with Crippen LogP contribution in [0.4, 0.5) is 5.69 Å². The molecule has 0 atom stereocenters. The summed E-state index contributed by atoms with van der Waals surface area (Å²) in [4.78, 5) is 12.2. The molecule has 7 heteroatoms. The number of carbonyl (C=O) groups is 1. The summed E-state index contributed by atoms with van der Waals surface area (Å²) in [5.41, 5.74) is 4.03. The van der Waals surface area contributed by atoms with Crippen molar-refractivity contribution in [2.45, 2.75) is 25.4 Å². The molecule has 6 nitrogen and oxygen atoms in total. The van der Waals surface area contributed by atoms with Crippen LogP contribution >= 0.6 is 11.8 Å². The summed E-state index contributed by atoms with van der Waals surface area (Å²) >= 11 is 1.30. The maximum absolute atomic E-state index is 12.2. The monoisotopic (exact) mass is 353 g/mol.